The second kappa shape index (κ2) is 6.02. The monoisotopic (exact) mass is 290 g/mol. The minimum atomic E-state index is 0.146. The zero-order valence-electron chi connectivity index (χ0n) is 12.8. The van der Waals surface area contributed by atoms with Gasteiger partial charge in [0.05, 0.1) is 6.26 Å². The number of hydrogen-bond donors (Lipinski definition) is 0. The van der Waals surface area contributed by atoms with E-state index in [0.29, 0.717) is 6.42 Å². The van der Waals surface area contributed by atoms with E-state index in [1.54, 1.807) is 6.26 Å². The predicted octanol–water partition coefficient (Wildman–Crippen LogP) is 4.99. The van der Waals surface area contributed by atoms with Gasteiger partial charge in [-0.05, 0) is 43.2 Å². The van der Waals surface area contributed by atoms with Crippen LogP contribution in [0.5, 0.6) is 0 Å². The number of benzene rings is 2. The molecule has 2 heteroatoms. The molecule has 0 aliphatic heterocycles. The molecule has 1 heterocycles. The molecular weight excluding hydrogens is 272 g/mol. The van der Waals surface area contributed by atoms with Crippen LogP contribution in [-0.4, -0.2) is 5.78 Å². The predicted molar refractivity (Wildman–Crippen MR) is 88.1 cm³/mol. The molecule has 110 valence electrons. The van der Waals surface area contributed by atoms with Gasteiger partial charge in [0.2, 0.25) is 0 Å². The number of Topliss-reactive ketones (excluding diaryl/α,β-unsaturated/α-hetero) is 1. The summed E-state index contributed by atoms with van der Waals surface area (Å²) in [5.74, 6) is 0.966. The van der Waals surface area contributed by atoms with Crippen LogP contribution in [0.2, 0.25) is 0 Å². The minimum Gasteiger partial charge on any atom is -0.464 e. The zero-order valence-corrected chi connectivity index (χ0v) is 12.8. The Balaban J connectivity index is 1.82. The van der Waals surface area contributed by atoms with E-state index in [0.717, 1.165) is 28.0 Å². The van der Waals surface area contributed by atoms with Gasteiger partial charge in [0.25, 0.3) is 0 Å². The molecule has 0 atom stereocenters. The first-order valence-electron chi connectivity index (χ1n) is 7.37. The van der Waals surface area contributed by atoms with Crippen molar-refractivity contribution in [3.05, 3.63) is 83.1 Å². The third-order valence-corrected chi connectivity index (χ3v) is 3.82. The van der Waals surface area contributed by atoms with E-state index in [9.17, 15) is 4.79 Å². The topological polar surface area (TPSA) is 30.2 Å². The van der Waals surface area contributed by atoms with Crippen LogP contribution < -0.4 is 0 Å². The highest BCUT2D eigenvalue weighted by atomic mass is 16.3. The van der Waals surface area contributed by atoms with Crippen LogP contribution >= 0.6 is 0 Å². The van der Waals surface area contributed by atoms with Crippen LogP contribution in [0.3, 0.4) is 0 Å². The molecule has 0 saturated heterocycles. The van der Waals surface area contributed by atoms with Gasteiger partial charge in [-0.3, -0.25) is 4.79 Å². The number of hydrogen-bond acceptors (Lipinski definition) is 2. The lowest BCUT2D eigenvalue weighted by atomic mass is 9.96. The van der Waals surface area contributed by atoms with Gasteiger partial charge >= 0.3 is 0 Å². The molecule has 0 aliphatic rings. The van der Waals surface area contributed by atoms with Crippen molar-refractivity contribution in [2.75, 3.05) is 0 Å². The second-order valence-corrected chi connectivity index (χ2v) is 5.59. The van der Waals surface area contributed by atoms with Crippen molar-refractivity contribution in [2.45, 2.75) is 20.3 Å². The summed E-state index contributed by atoms with van der Waals surface area (Å²) in [6.45, 7) is 4.01. The molecule has 3 aromatic rings. The Morgan fingerprint density at radius 2 is 1.77 bits per heavy atom. The van der Waals surface area contributed by atoms with E-state index in [1.165, 1.54) is 5.56 Å². The van der Waals surface area contributed by atoms with E-state index < -0.39 is 0 Å². The van der Waals surface area contributed by atoms with Gasteiger partial charge in [-0.15, -0.1) is 0 Å². The summed E-state index contributed by atoms with van der Waals surface area (Å²) in [6.07, 6.45) is 2.09. The molecule has 0 N–H and O–H groups in total. The van der Waals surface area contributed by atoms with E-state index in [4.69, 9.17) is 4.42 Å². The Hall–Kier alpha value is -2.61. The zero-order chi connectivity index (χ0) is 15.5. The molecule has 22 heavy (non-hydrogen) atoms. The largest absolute Gasteiger partial charge is 0.464 e. The highest BCUT2D eigenvalue weighted by Crippen LogP contribution is 2.23. The average molecular weight is 290 g/mol. The Labute approximate surface area is 130 Å². The normalized spacial score (nSPS) is 10.6. The molecule has 0 amide bonds. The van der Waals surface area contributed by atoms with E-state index in [-0.39, 0.29) is 5.78 Å². The molecule has 0 bridgehead atoms. The van der Waals surface area contributed by atoms with Gasteiger partial charge in [0.1, 0.15) is 5.76 Å². The molecule has 0 aliphatic carbocycles. The third kappa shape index (κ3) is 3.01. The number of carbonyl (C=O) groups is 1. The highest BCUT2D eigenvalue weighted by molar-refractivity contribution is 5.99. The molecular formula is C20H18O2. The maximum atomic E-state index is 12.5. The molecule has 0 fully saturated rings. The van der Waals surface area contributed by atoms with Crippen LogP contribution in [0.25, 0.3) is 11.3 Å². The van der Waals surface area contributed by atoms with Gasteiger partial charge in [-0.25, -0.2) is 0 Å². The van der Waals surface area contributed by atoms with Gasteiger partial charge in [0, 0.05) is 17.5 Å². The SMILES string of the molecule is Cc1ccc(CC(=O)c2ccc(-c3ccco3)cc2C)cc1. The average Bonchev–Trinajstić information content (AvgIpc) is 3.03. The fraction of sp³-hybridized carbons (Fsp3) is 0.150. The second-order valence-electron chi connectivity index (χ2n) is 5.59. The molecule has 0 unspecified atom stereocenters. The maximum absolute atomic E-state index is 12.5. The van der Waals surface area contributed by atoms with Gasteiger partial charge < -0.3 is 4.42 Å². The van der Waals surface area contributed by atoms with Crippen molar-refractivity contribution in [1.82, 2.24) is 0 Å². The fourth-order valence-corrected chi connectivity index (χ4v) is 2.56. The van der Waals surface area contributed by atoms with Crippen LogP contribution in [0.4, 0.5) is 0 Å². The molecule has 2 nitrogen and oxygen atoms in total. The molecule has 2 aromatic carbocycles. The van der Waals surface area contributed by atoms with Crippen LogP contribution in [0, 0.1) is 13.8 Å². The summed E-state index contributed by atoms with van der Waals surface area (Å²) < 4.78 is 5.40. The quantitative estimate of drug-likeness (QED) is 0.634. The summed E-state index contributed by atoms with van der Waals surface area (Å²) in [5, 5.41) is 0. The number of furan rings is 1. The number of rotatable bonds is 4. The Kier molecular flexibility index (Phi) is 3.92. The lowest BCUT2D eigenvalue weighted by Crippen LogP contribution is -2.05. The standard InChI is InChI=1S/C20H18O2/c1-14-5-7-16(8-6-14)13-19(21)18-10-9-17(12-15(18)2)20-4-3-11-22-20/h3-12H,13H2,1-2H3. The number of aryl methyl sites for hydroxylation is 2. The fourth-order valence-electron chi connectivity index (χ4n) is 2.56. The lowest BCUT2D eigenvalue weighted by Gasteiger charge is -2.07. The first kappa shape index (κ1) is 14.3. The van der Waals surface area contributed by atoms with E-state index >= 15 is 0 Å². The van der Waals surface area contributed by atoms with Gasteiger partial charge in [-0.2, -0.15) is 0 Å². The Bertz CT molecular complexity index is 781. The molecule has 0 radical (unpaired) electrons. The smallest absolute Gasteiger partial charge is 0.167 e. The molecule has 0 spiro atoms. The van der Waals surface area contributed by atoms with E-state index in [2.05, 4.69) is 0 Å². The molecule has 3 rings (SSSR count). The first-order chi connectivity index (χ1) is 10.6. The van der Waals surface area contributed by atoms with Gasteiger partial charge in [-0.1, -0.05) is 42.0 Å². The molecule has 1 aromatic heterocycles. The number of ketones is 1. The van der Waals surface area contributed by atoms with Crippen LogP contribution in [-0.2, 0) is 6.42 Å². The Morgan fingerprint density at radius 1 is 1.00 bits per heavy atom. The third-order valence-electron chi connectivity index (χ3n) is 3.82. The highest BCUT2D eigenvalue weighted by Gasteiger charge is 2.11. The van der Waals surface area contributed by atoms with Crippen molar-refractivity contribution in [1.29, 1.82) is 0 Å². The van der Waals surface area contributed by atoms with Gasteiger partial charge in [0.15, 0.2) is 5.78 Å². The summed E-state index contributed by atoms with van der Waals surface area (Å²) in [7, 11) is 0. The van der Waals surface area contributed by atoms with Crippen LogP contribution in [0.15, 0.2) is 65.3 Å². The van der Waals surface area contributed by atoms with Crippen molar-refractivity contribution < 1.29 is 9.21 Å². The van der Waals surface area contributed by atoms with Crippen molar-refractivity contribution in [3.8, 4) is 11.3 Å². The van der Waals surface area contributed by atoms with Crippen molar-refractivity contribution in [2.24, 2.45) is 0 Å². The summed E-state index contributed by atoms with van der Waals surface area (Å²) in [6, 6.07) is 17.7. The van der Waals surface area contributed by atoms with E-state index in [1.807, 2.05) is 68.4 Å². The number of carbonyl (C=O) groups excluding carboxylic acids is 1. The summed E-state index contributed by atoms with van der Waals surface area (Å²) in [5.41, 5.74) is 5.00. The van der Waals surface area contributed by atoms with Crippen molar-refractivity contribution in [3.63, 3.8) is 0 Å². The van der Waals surface area contributed by atoms with Crippen molar-refractivity contribution >= 4 is 5.78 Å². The van der Waals surface area contributed by atoms with Crippen LogP contribution in [0.1, 0.15) is 27.0 Å². The first-order valence-corrected chi connectivity index (χ1v) is 7.37. The Morgan fingerprint density at radius 3 is 2.41 bits per heavy atom. The molecule has 0 saturated carbocycles. The summed E-state index contributed by atoms with van der Waals surface area (Å²) >= 11 is 0. The summed E-state index contributed by atoms with van der Waals surface area (Å²) in [4.78, 5) is 12.5. The minimum absolute atomic E-state index is 0.146. The lowest BCUT2D eigenvalue weighted by molar-refractivity contribution is 0.0992. The maximum Gasteiger partial charge on any atom is 0.167 e.